The number of anilines is 1. The minimum absolute atomic E-state index is 0.0189. The highest BCUT2D eigenvalue weighted by atomic mass is 127. The second-order valence-electron chi connectivity index (χ2n) is 8.12. The third-order valence-corrected chi connectivity index (χ3v) is 6.52. The Balaban J connectivity index is 1.69. The van der Waals surface area contributed by atoms with Gasteiger partial charge in [-0.25, -0.2) is 9.97 Å². The Morgan fingerprint density at radius 1 is 1.23 bits per heavy atom. The van der Waals surface area contributed by atoms with Crippen LogP contribution in [0.5, 0.6) is 0 Å². The van der Waals surface area contributed by atoms with Gasteiger partial charge in [0.15, 0.2) is 5.65 Å². The first-order valence-corrected chi connectivity index (χ1v) is 10.9. The van der Waals surface area contributed by atoms with Gasteiger partial charge in [0.1, 0.15) is 11.6 Å². The van der Waals surface area contributed by atoms with E-state index in [1.807, 2.05) is 55.2 Å². The van der Waals surface area contributed by atoms with Crippen molar-refractivity contribution in [3.05, 3.63) is 63.2 Å². The molecule has 0 atom stereocenters. The predicted molar refractivity (Wildman–Crippen MR) is 127 cm³/mol. The van der Waals surface area contributed by atoms with E-state index in [9.17, 15) is 5.11 Å². The van der Waals surface area contributed by atoms with E-state index in [2.05, 4.69) is 56.2 Å². The van der Waals surface area contributed by atoms with Gasteiger partial charge in [-0.05, 0) is 41.1 Å². The zero-order valence-electron chi connectivity index (χ0n) is 17.5. The molecule has 0 saturated heterocycles. The molecule has 156 valence electrons. The van der Waals surface area contributed by atoms with Gasteiger partial charge < -0.3 is 15.0 Å². The molecular formula is C22H25IN6O. The van der Waals surface area contributed by atoms with Crippen LogP contribution in [0.4, 0.5) is 5.82 Å². The summed E-state index contributed by atoms with van der Waals surface area (Å²) in [6.45, 7) is 6.61. The van der Waals surface area contributed by atoms with Crippen molar-refractivity contribution in [2.24, 2.45) is 7.05 Å². The summed E-state index contributed by atoms with van der Waals surface area (Å²) in [4.78, 5) is 9.24. The van der Waals surface area contributed by atoms with Gasteiger partial charge in [0.2, 0.25) is 0 Å². The molecule has 0 aliphatic carbocycles. The maximum atomic E-state index is 9.84. The van der Waals surface area contributed by atoms with Gasteiger partial charge in [-0.15, -0.1) is 0 Å². The number of nitrogens with one attached hydrogen (secondary N) is 1. The minimum Gasteiger partial charge on any atom is -0.395 e. The van der Waals surface area contributed by atoms with Crippen LogP contribution in [0.2, 0.25) is 0 Å². The molecule has 0 fully saturated rings. The van der Waals surface area contributed by atoms with Crippen LogP contribution in [0.15, 0.2) is 42.7 Å². The summed E-state index contributed by atoms with van der Waals surface area (Å²) in [6.07, 6.45) is 3.75. The standard InChI is InChI=1S/C22H25IN6O/c1-14-19(23)21-26-17(22(2,3)13-30)11-18(29(21)27-14)25-12-15-6-5-7-16(10-15)20-24-8-9-28(20)4/h5-11,25,30H,12-13H2,1-4H3. The van der Waals surface area contributed by atoms with E-state index in [1.165, 1.54) is 0 Å². The van der Waals surface area contributed by atoms with Crippen LogP contribution < -0.4 is 5.32 Å². The number of hydrogen-bond donors (Lipinski definition) is 2. The van der Waals surface area contributed by atoms with Crippen molar-refractivity contribution in [2.45, 2.75) is 32.7 Å². The Labute approximate surface area is 189 Å². The van der Waals surface area contributed by atoms with Crippen molar-refractivity contribution in [3.8, 4) is 11.4 Å². The summed E-state index contributed by atoms with van der Waals surface area (Å²) in [5.41, 5.74) is 4.34. The van der Waals surface area contributed by atoms with Crippen LogP contribution in [0.3, 0.4) is 0 Å². The van der Waals surface area contributed by atoms with Crippen molar-refractivity contribution in [1.29, 1.82) is 0 Å². The lowest BCUT2D eigenvalue weighted by atomic mass is 9.90. The first kappa shape index (κ1) is 20.8. The minimum atomic E-state index is -0.447. The number of benzene rings is 1. The molecule has 0 aliphatic rings. The van der Waals surface area contributed by atoms with Crippen molar-refractivity contribution in [2.75, 3.05) is 11.9 Å². The topological polar surface area (TPSA) is 80.3 Å². The molecule has 3 aromatic heterocycles. The average Bonchev–Trinajstić information content (AvgIpc) is 3.29. The maximum absolute atomic E-state index is 9.84. The van der Waals surface area contributed by atoms with Crippen LogP contribution in [-0.2, 0) is 19.0 Å². The molecule has 0 spiro atoms. The van der Waals surface area contributed by atoms with Gasteiger partial charge in [0.25, 0.3) is 0 Å². The van der Waals surface area contributed by atoms with Crippen LogP contribution >= 0.6 is 22.6 Å². The smallest absolute Gasteiger partial charge is 0.171 e. The van der Waals surface area contributed by atoms with E-state index in [4.69, 9.17) is 4.98 Å². The molecule has 4 aromatic rings. The molecule has 30 heavy (non-hydrogen) atoms. The Kier molecular flexibility index (Phi) is 5.54. The summed E-state index contributed by atoms with van der Waals surface area (Å²) < 4.78 is 4.87. The molecule has 0 radical (unpaired) electrons. The average molecular weight is 516 g/mol. The molecule has 0 bridgehead atoms. The van der Waals surface area contributed by atoms with E-state index in [-0.39, 0.29) is 6.61 Å². The number of aromatic nitrogens is 5. The lowest BCUT2D eigenvalue weighted by Gasteiger charge is -2.22. The number of imidazole rings is 1. The lowest BCUT2D eigenvalue weighted by Crippen LogP contribution is -2.24. The SMILES string of the molecule is Cc1nn2c(NCc3cccc(-c4nccn4C)c3)cc(C(C)(C)CO)nc2c1I. The lowest BCUT2D eigenvalue weighted by molar-refractivity contribution is 0.215. The largest absolute Gasteiger partial charge is 0.395 e. The fourth-order valence-electron chi connectivity index (χ4n) is 3.31. The van der Waals surface area contributed by atoms with Gasteiger partial charge in [-0.1, -0.05) is 32.0 Å². The number of fused-ring (bicyclic) bond motifs is 1. The molecule has 2 N–H and O–H groups in total. The highest BCUT2D eigenvalue weighted by molar-refractivity contribution is 14.1. The number of aryl methyl sites for hydroxylation is 2. The Morgan fingerprint density at radius 3 is 2.73 bits per heavy atom. The normalized spacial score (nSPS) is 11.9. The molecule has 0 aliphatic heterocycles. The molecular weight excluding hydrogens is 491 g/mol. The molecule has 1 aromatic carbocycles. The third kappa shape index (κ3) is 3.81. The molecule has 4 rings (SSSR count). The maximum Gasteiger partial charge on any atom is 0.171 e. The summed E-state index contributed by atoms with van der Waals surface area (Å²) in [6, 6.07) is 10.3. The van der Waals surface area contributed by atoms with Crippen LogP contribution in [0.1, 0.15) is 30.8 Å². The Hall–Kier alpha value is -2.46. The van der Waals surface area contributed by atoms with Crippen LogP contribution in [-0.4, -0.2) is 35.9 Å². The number of aliphatic hydroxyl groups is 1. The molecule has 0 amide bonds. The molecule has 0 saturated carbocycles. The van der Waals surface area contributed by atoms with E-state index in [0.717, 1.165) is 43.4 Å². The van der Waals surface area contributed by atoms with Crippen molar-refractivity contribution < 1.29 is 5.11 Å². The second kappa shape index (κ2) is 7.99. The summed E-state index contributed by atoms with van der Waals surface area (Å²) in [7, 11) is 1.99. The summed E-state index contributed by atoms with van der Waals surface area (Å²) >= 11 is 2.28. The first-order chi connectivity index (χ1) is 14.3. The third-order valence-electron chi connectivity index (χ3n) is 5.26. The van der Waals surface area contributed by atoms with Crippen molar-refractivity contribution >= 4 is 34.1 Å². The highest BCUT2D eigenvalue weighted by Crippen LogP contribution is 2.28. The quantitative estimate of drug-likeness (QED) is 0.380. The molecule has 3 heterocycles. The summed E-state index contributed by atoms with van der Waals surface area (Å²) in [5, 5.41) is 18.0. The predicted octanol–water partition coefficient (Wildman–Crippen LogP) is 3.92. The number of nitrogens with zero attached hydrogens (tertiary/aromatic N) is 5. The zero-order chi connectivity index (χ0) is 21.5. The van der Waals surface area contributed by atoms with E-state index in [1.54, 1.807) is 6.20 Å². The van der Waals surface area contributed by atoms with Crippen molar-refractivity contribution in [1.82, 2.24) is 24.1 Å². The summed E-state index contributed by atoms with van der Waals surface area (Å²) in [5.74, 6) is 1.79. The Bertz CT molecular complexity index is 1210. The number of hydrogen-bond acceptors (Lipinski definition) is 5. The highest BCUT2D eigenvalue weighted by Gasteiger charge is 2.24. The van der Waals surface area contributed by atoms with E-state index in [0.29, 0.717) is 6.54 Å². The molecule has 8 heteroatoms. The Morgan fingerprint density at radius 2 is 2.03 bits per heavy atom. The van der Waals surface area contributed by atoms with Gasteiger partial charge in [-0.3, -0.25) is 0 Å². The van der Waals surface area contributed by atoms with Gasteiger partial charge in [0.05, 0.1) is 21.6 Å². The van der Waals surface area contributed by atoms with Gasteiger partial charge in [-0.2, -0.15) is 9.61 Å². The number of rotatable bonds is 6. The monoisotopic (exact) mass is 516 g/mol. The number of halogens is 1. The second-order valence-corrected chi connectivity index (χ2v) is 9.20. The fourth-order valence-corrected chi connectivity index (χ4v) is 3.76. The van der Waals surface area contributed by atoms with Gasteiger partial charge in [0, 0.05) is 43.0 Å². The van der Waals surface area contributed by atoms with E-state index < -0.39 is 5.41 Å². The molecule has 0 unspecified atom stereocenters. The first-order valence-electron chi connectivity index (χ1n) is 9.78. The number of aliphatic hydroxyl groups excluding tert-OH is 1. The van der Waals surface area contributed by atoms with Crippen LogP contribution in [0.25, 0.3) is 17.0 Å². The molecule has 7 nitrogen and oxygen atoms in total. The van der Waals surface area contributed by atoms with Gasteiger partial charge >= 0.3 is 0 Å². The van der Waals surface area contributed by atoms with E-state index >= 15 is 0 Å². The van der Waals surface area contributed by atoms with Crippen LogP contribution in [0, 0.1) is 10.5 Å². The zero-order valence-corrected chi connectivity index (χ0v) is 19.7. The fraction of sp³-hybridized carbons (Fsp3) is 0.318. The van der Waals surface area contributed by atoms with Crippen molar-refractivity contribution in [3.63, 3.8) is 0 Å².